The van der Waals surface area contributed by atoms with Crippen LogP contribution in [-0.2, 0) is 16.1 Å². The lowest BCUT2D eigenvalue weighted by molar-refractivity contribution is -0.134. The molecule has 4 aromatic rings. The molecule has 1 fully saturated rings. The van der Waals surface area contributed by atoms with E-state index < -0.39 is 30.4 Å². The molecule has 3 aromatic heterocycles. The van der Waals surface area contributed by atoms with Gasteiger partial charge in [0.15, 0.2) is 29.3 Å². The highest BCUT2D eigenvalue weighted by molar-refractivity contribution is 6.30. The van der Waals surface area contributed by atoms with Crippen LogP contribution in [0.15, 0.2) is 41.4 Å². The van der Waals surface area contributed by atoms with Gasteiger partial charge in [-0.2, -0.15) is 0 Å². The molecule has 1 aliphatic heterocycles. The number of nitrogens with two attached hydrogens (primary N) is 1. The molecule has 1 amide bonds. The number of aromatic nitrogens is 5. The zero-order valence-electron chi connectivity index (χ0n) is 19.3. The van der Waals surface area contributed by atoms with Crippen molar-refractivity contribution in [2.45, 2.75) is 37.9 Å². The molecule has 188 valence electrons. The molecule has 0 bridgehead atoms. The zero-order valence-corrected chi connectivity index (χ0v) is 20.0. The molecule has 1 aliphatic rings. The van der Waals surface area contributed by atoms with Crippen LogP contribution in [0.4, 0.5) is 5.82 Å². The third-order valence-corrected chi connectivity index (χ3v) is 5.98. The second kappa shape index (κ2) is 9.70. The van der Waals surface area contributed by atoms with Crippen LogP contribution in [0.3, 0.4) is 0 Å². The van der Waals surface area contributed by atoms with Crippen LogP contribution in [0, 0.1) is 6.92 Å². The molecule has 0 spiro atoms. The highest BCUT2D eigenvalue weighted by Gasteiger charge is 2.46. The monoisotopic (exact) mass is 514 g/mol. The van der Waals surface area contributed by atoms with E-state index in [-0.39, 0.29) is 12.5 Å². The SMILES string of the molecule is CNC(=O)[C@@H]1O[C@H](n2cnc3c(NCc4cc(Cl)ccc4Oc4cc(C)no4)ncnc32)[C@@H](O)[C@H]1N. The van der Waals surface area contributed by atoms with Gasteiger partial charge in [-0.15, -0.1) is 0 Å². The van der Waals surface area contributed by atoms with Gasteiger partial charge in [-0.1, -0.05) is 16.8 Å². The van der Waals surface area contributed by atoms with Gasteiger partial charge in [-0.3, -0.25) is 9.36 Å². The lowest BCUT2D eigenvalue weighted by atomic mass is 10.1. The van der Waals surface area contributed by atoms with E-state index in [9.17, 15) is 9.90 Å². The number of benzene rings is 1. The predicted octanol–water partition coefficient (Wildman–Crippen LogP) is 1.51. The number of halogens is 1. The highest BCUT2D eigenvalue weighted by atomic mass is 35.5. The molecule has 5 rings (SSSR count). The quantitative estimate of drug-likeness (QED) is 0.281. The van der Waals surface area contributed by atoms with E-state index in [1.807, 2.05) is 0 Å². The molecule has 13 nitrogen and oxygen atoms in total. The standard InChI is InChI=1S/C22H23ClN8O5/c1-10-5-14(36-30-10)34-13-4-3-12(23)6-11(13)7-26-19-16-20(28-8-27-19)31(9-29-16)22-17(32)15(24)18(35-22)21(33)25-2/h3-6,8-9,15,17-18,22,32H,7,24H2,1-2H3,(H,25,33)(H,26,27,28)/t15-,17+,18-,22+/m1/s1. The van der Waals surface area contributed by atoms with Gasteiger partial charge < -0.3 is 35.5 Å². The average molecular weight is 515 g/mol. The van der Waals surface area contributed by atoms with Crippen LogP contribution < -0.4 is 21.1 Å². The first-order chi connectivity index (χ1) is 17.4. The minimum atomic E-state index is -1.15. The molecule has 4 heterocycles. The van der Waals surface area contributed by atoms with Crippen molar-refractivity contribution in [1.29, 1.82) is 0 Å². The highest BCUT2D eigenvalue weighted by Crippen LogP contribution is 2.32. The van der Waals surface area contributed by atoms with Crippen molar-refractivity contribution in [2.75, 3.05) is 12.4 Å². The van der Waals surface area contributed by atoms with Gasteiger partial charge in [0, 0.05) is 30.2 Å². The number of aliphatic hydroxyl groups excluding tert-OH is 1. The molecule has 0 radical (unpaired) electrons. The van der Waals surface area contributed by atoms with Crippen molar-refractivity contribution in [1.82, 2.24) is 30.0 Å². The normalized spacial score (nSPS) is 21.6. The molecule has 0 aliphatic carbocycles. The Balaban J connectivity index is 1.39. The maximum atomic E-state index is 12.1. The number of carbonyl (C=O) groups excluding carboxylic acids is 1. The fourth-order valence-electron chi connectivity index (χ4n) is 3.93. The molecular weight excluding hydrogens is 492 g/mol. The third kappa shape index (κ3) is 4.44. The summed E-state index contributed by atoms with van der Waals surface area (Å²) in [6.07, 6.45) is -0.304. The minimum Gasteiger partial charge on any atom is -0.424 e. The number of rotatable bonds is 7. The largest absolute Gasteiger partial charge is 0.424 e. The lowest BCUT2D eigenvalue weighted by Gasteiger charge is -2.16. The fourth-order valence-corrected chi connectivity index (χ4v) is 4.12. The number of nitrogens with zero attached hydrogens (tertiary/aromatic N) is 5. The minimum absolute atomic E-state index is 0.252. The lowest BCUT2D eigenvalue weighted by Crippen LogP contribution is -2.46. The van der Waals surface area contributed by atoms with E-state index in [1.54, 1.807) is 31.2 Å². The second-order valence-electron chi connectivity index (χ2n) is 8.17. The number of imidazole rings is 1. The Hall–Kier alpha value is -3.78. The van der Waals surface area contributed by atoms with E-state index in [2.05, 4.69) is 30.7 Å². The Bertz CT molecular complexity index is 1410. The van der Waals surface area contributed by atoms with Crippen molar-refractivity contribution in [3.05, 3.63) is 53.2 Å². The molecular formula is C22H23ClN8O5. The summed E-state index contributed by atoms with van der Waals surface area (Å²) in [5, 5.41) is 20.7. The molecule has 5 N–H and O–H groups in total. The van der Waals surface area contributed by atoms with E-state index in [0.717, 1.165) is 5.56 Å². The number of hydrogen-bond donors (Lipinski definition) is 4. The Morgan fingerprint density at radius 2 is 2.14 bits per heavy atom. The molecule has 1 saturated heterocycles. The number of ether oxygens (including phenoxy) is 2. The first kappa shape index (κ1) is 23.9. The summed E-state index contributed by atoms with van der Waals surface area (Å²) in [5.74, 6) is 0.781. The predicted molar refractivity (Wildman–Crippen MR) is 127 cm³/mol. The summed E-state index contributed by atoms with van der Waals surface area (Å²) in [7, 11) is 1.47. The molecule has 0 unspecified atom stereocenters. The van der Waals surface area contributed by atoms with E-state index in [4.69, 9.17) is 31.3 Å². The zero-order chi connectivity index (χ0) is 25.4. The van der Waals surface area contributed by atoms with Gasteiger partial charge in [-0.25, -0.2) is 15.0 Å². The maximum Gasteiger partial charge on any atom is 0.316 e. The van der Waals surface area contributed by atoms with Crippen LogP contribution in [0.2, 0.25) is 5.02 Å². The van der Waals surface area contributed by atoms with Crippen LogP contribution in [0.25, 0.3) is 11.2 Å². The van der Waals surface area contributed by atoms with Gasteiger partial charge in [0.1, 0.15) is 18.2 Å². The van der Waals surface area contributed by atoms with Crippen LogP contribution >= 0.6 is 11.6 Å². The van der Waals surface area contributed by atoms with Gasteiger partial charge in [0.25, 0.3) is 5.91 Å². The topological polar surface area (TPSA) is 175 Å². The maximum absolute atomic E-state index is 12.1. The van der Waals surface area contributed by atoms with Gasteiger partial charge in [-0.05, 0) is 25.1 Å². The van der Waals surface area contributed by atoms with Crippen molar-refractivity contribution < 1.29 is 23.9 Å². The number of aliphatic hydroxyl groups is 1. The second-order valence-corrected chi connectivity index (χ2v) is 8.61. The van der Waals surface area contributed by atoms with Gasteiger partial charge in [0.05, 0.1) is 18.1 Å². The van der Waals surface area contributed by atoms with Crippen LogP contribution in [0.5, 0.6) is 11.7 Å². The number of likely N-dealkylation sites (N-methyl/N-ethyl adjacent to an activating group) is 1. The smallest absolute Gasteiger partial charge is 0.316 e. The number of hydrogen-bond acceptors (Lipinski definition) is 11. The number of amides is 1. The van der Waals surface area contributed by atoms with E-state index in [1.165, 1.54) is 24.3 Å². The van der Waals surface area contributed by atoms with E-state index in [0.29, 0.717) is 33.4 Å². The summed E-state index contributed by atoms with van der Waals surface area (Å²) in [4.78, 5) is 25.1. The fraction of sp³-hybridized carbons (Fsp3) is 0.318. The third-order valence-electron chi connectivity index (χ3n) is 5.75. The van der Waals surface area contributed by atoms with E-state index >= 15 is 0 Å². The van der Waals surface area contributed by atoms with Crippen LogP contribution in [0.1, 0.15) is 17.5 Å². The number of fused-ring (bicyclic) bond motifs is 1. The number of anilines is 1. The number of nitrogens with one attached hydrogen (secondary N) is 2. The molecule has 36 heavy (non-hydrogen) atoms. The summed E-state index contributed by atoms with van der Waals surface area (Å²) < 4.78 is 18.3. The van der Waals surface area contributed by atoms with Crippen molar-refractivity contribution in [3.63, 3.8) is 0 Å². The first-order valence-electron chi connectivity index (χ1n) is 11.0. The number of carbonyl (C=O) groups is 1. The Labute approximate surface area is 209 Å². The Kier molecular flexibility index (Phi) is 6.45. The van der Waals surface area contributed by atoms with Crippen LogP contribution in [-0.4, -0.2) is 61.0 Å². The Morgan fingerprint density at radius 3 is 2.89 bits per heavy atom. The number of aryl methyl sites for hydroxylation is 1. The summed E-state index contributed by atoms with van der Waals surface area (Å²) in [6.45, 7) is 2.08. The molecule has 1 aromatic carbocycles. The first-order valence-corrected chi connectivity index (χ1v) is 11.3. The van der Waals surface area contributed by atoms with Gasteiger partial charge in [0.2, 0.25) is 0 Å². The molecule has 14 heteroatoms. The summed E-state index contributed by atoms with van der Waals surface area (Å²) in [6, 6.07) is 5.95. The summed E-state index contributed by atoms with van der Waals surface area (Å²) >= 11 is 6.21. The van der Waals surface area contributed by atoms with Crippen molar-refractivity contribution >= 4 is 34.5 Å². The van der Waals surface area contributed by atoms with Crippen molar-refractivity contribution in [3.8, 4) is 11.7 Å². The molecule has 0 saturated carbocycles. The average Bonchev–Trinajstić information content (AvgIpc) is 3.56. The van der Waals surface area contributed by atoms with Gasteiger partial charge >= 0.3 is 5.95 Å². The summed E-state index contributed by atoms with van der Waals surface area (Å²) in [5.41, 5.74) is 8.26. The Morgan fingerprint density at radius 1 is 1.31 bits per heavy atom. The van der Waals surface area contributed by atoms with Crippen molar-refractivity contribution in [2.24, 2.45) is 5.73 Å². The molecule has 4 atom stereocenters.